The Morgan fingerprint density at radius 3 is 2.81 bits per heavy atom. The third-order valence-corrected chi connectivity index (χ3v) is 4.76. The minimum absolute atomic E-state index is 0.673. The highest BCUT2D eigenvalue weighted by Crippen LogP contribution is 2.35. The quantitative estimate of drug-likeness (QED) is 0.633. The molecule has 0 bridgehead atoms. The fraction of sp³-hybridized carbons (Fsp3) is 0.167. The zero-order valence-corrected chi connectivity index (χ0v) is 13.1. The van der Waals surface area contributed by atoms with E-state index in [-0.39, 0.29) is 0 Å². The van der Waals surface area contributed by atoms with Crippen molar-refractivity contribution < 1.29 is 4.74 Å². The summed E-state index contributed by atoms with van der Waals surface area (Å²) in [4.78, 5) is 4.63. The number of hydrogen-bond donors (Lipinski definition) is 0. The van der Waals surface area contributed by atoms with E-state index in [1.807, 2.05) is 24.3 Å². The van der Waals surface area contributed by atoms with Gasteiger partial charge >= 0.3 is 0 Å². The van der Waals surface area contributed by atoms with Gasteiger partial charge in [-0.1, -0.05) is 36.4 Å². The molecule has 0 radical (unpaired) electrons. The van der Waals surface area contributed by atoms with Gasteiger partial charge in [0.05, 0.1) is 4.47 Å². The summed E-state index contributed by atoms with van der Waals surface area (Å²) in [6.07, 6.45) is 3.40. The van der Waals surface area contributed by atoms with Gasteiger partial charge in [-0.15, -0.1) is 0 Å². The van der Waals surface area contributed by atoms with E-state index in [9.17, 15) is 0 Å². The Hall–Kier alpha value is -1.87. The van der Waals surface area contributed by atoms with E-state index >= 15 is 0 Å². The van der Waals surface area contributed by atoms with Gasteiger partial charge in [0, 0.05) is 11.8 Å². The first-order chi connectivity index (χ1) is 10.3. The van der Waals surface area contributed by atoms with E-state index in [0.717, 1.165) is 28.5 Å². The van der Waals surface area contributed by atoms with Crippen LogP contribution in [0, 0.1) is 0 Å². The molecular formula is C18H14BrNO. The lowest BCUT2D eigenvalue weighted by Crippen LogP contribution is -1.93. The van der Waals surface area contributed by atoms with E-state index in [0.29, 0.717) is 5.88 Å². The number of halogens is 1. The molecule has 1 heterocycles. The number of aromatic nitrogens is 1. The van der Waals surface area contributed by atoms with Gasteiger partial charge in [-0.3, -0.25) is 0 Å². The Balaban J connectivity index is 1.72. The topological polar surface area (TPSA) is 22.1 Å². The van der Waals surface area contributed by atoms with Crippen LogP contribution in [0.2, 0.25) is 0 Å². The summed E-state index contributed by atoms with van der Waals surface area (Å²) in [5, 5.41) is 2.34. The zero-order chi connectivity index (χ0) is 14.2. The Morgan fingerprint density at radius 1 is 0.952 bits per heavy atom. The maximum absolute atomic E-state index is 5.98. The monoisotopic (exact) mass is 339 g/mol. The fourth-order valence-corrected chi connectivity index (χ4v) is 3.44. The molecule has 0 fully saturated rings. The van der Waals surface area contributed by atoms with Crippen molar-refractivity contribution in [2.24, 2.45) is 0 Å². The first-order valence-electron chi connectivity index (χ1n) is 7.15. The van der Waals surface area contributed by atoms with Crippen molar-refractivity contribution >= 4 is 26.7 Å². The average molecular weight is 340 g/mol. The number of rotatable bonds is 2. The summed E-state index contributed by atoms with van der Waals surface area (Å²) in [6, 6.07) is 16.4. The number of ether oxygens (including phenoxy) is 1. The minimum atomic E-state index is 0.673. The molecule has 0 aliphatic heterocycles. The molecule has 1 aliphatic carbocycles. The second-order valence-electron chi connectivity index (χ2n) is 5.31. The third-order valence-electron chi connectivity index (χ3n) is 3.94. The number of nitrogens with zero attached hydrogens (tertiary/aromatic N) is 1. The number of hydrogen-bond acceptors (Lipinski definition) is 2. The maximum Gasteiger partial charge on any atom is 0.219 e. The molecule has 0 N–H and O–H groups in total. The van der Waals surface area contributed by atoms with Gasteiger partial charge in [0.1, 0.15) is 5.75 Å². The first kappa shape index (κ1) is 12.8. The Kier molecular flexibility index (Phi) is 3.15. The van der Waals surface area contributed by atoms with Crippen LogP contribution in [0.1, 0.15) is 17.7 Å². The van der Waals surface area contributed by atoms with E-state index < -0.39 is 0 Å². The van der Waals surface area contributed by atoms with Crippen LogP contribution in [-0.2, 0) is 12.8 Å². The largest absolute Gasteiger partial charge is 0.438 e. The van der Waals surface area contributed by atoms with Crippen LogP contribution in [0.3, 0.4) is 0 Å². The Morgan fingerprint density at radius 2 is 1.86 bits per heavy atom. The Bertz CT molecular complexity index is 829. The molecule has 0 atom stereocenters. The molecule has 2 nitrogen and oxygen atoms in total. The normalized spacial score (nSPS) is 13.4. The van der Waals surface area contributed by atoms with Crippen LogP contribution in [-0.4, -0.2) is 4.98 Å². The SMILES string of the molecule is Brc1c(Oc2ccc3c(n2)CCC3)ccc2ccccc12. The lowest BCUT2D eigenvalue weighted by molar-refractivity contribution is 0.459. The van der Waals surface area contributed by atoms with Gasteiger partial charge in [-0.25, -0.2) is 4.98 Å². The molecule has 21 heavy (non-hydrogen) atoms. The van der Waals surface area contributed by atoms with Crippen LogP contribution in [0.4, 0.5) is 0 Å². The van der Waals surface area contributed by atoms with Gasteiger partial charge in [-0.05, 0) is 57.6 Å². The predicted octanol–water partition coefficient (Wildman–Crippen LogP) is 5.28. The molecular weight excluding hydrogens is 326 g/mol. The molecule has 0 saturated carbocycles. The number of aryl methyl sites for hydroxylation is 2. The molecule has 2 aromatic carbocycles. The number of pyridine rings is 1. The molecule has 0 unspecified atom stereocenters. The van der Waals surface area contributed by atoms with E-state index in [1.165, 1.54) is 23.1 Å². The predicted molar refractivity (Wildman–Crippen MR) is 88.0 cm³/mol. The summed E-state index contributed by atoms with van der Waals surface area (Å²) in [5.41, 5.74) is 2.55. The van der Waals surface area contributed by atoms with Gasteiger partial charge in [-0.2, -0.15) is 0 Å². The second-order valence-corrected chi connectivity index (χ2v) is 6.10. The van der Waals surface area contributed by atoms with Gasteiger partial charge < -0.3 is 4.74 Å². The van der Waals surface area contributed by atoms with E-state index in [4.69, 9.17) is 4.74 Å². The van der Waals surface area contributed by atoms with Crippen molar-refractivity contribution in [3.63, 3.8) is 0 Å². The summed E-state index contributed by atoms with van der Waals surface area (Å²) < 4.78 is 6.96. The van der Waals surface area contributed by atoms with E-state index in [1.54, 1.807) is 0 Å². The zero-order valence-electron chi connectivity index (χ0n) is 11.5. The number of fused-ring (bicyclic) bond motifs is 2. The molecule has 0 spiro atoms. The van der Waals surface area contributed by atoms with Crippen LogP contribution in [0.25, 0.3) is 10.8 Å². The summed E-state index contributed by atoms with van der Waals surface area (Å²) in [7, 11) is 0. The van der Waals surface area contributed by atoms with Crippen molar-refractivity contribution in [2.75, 3.05) is 0 Å². The highest BCUT2D eigenvalue weighted by Gasteiger charge is 2.14. The van der Waals surface area contributed by atoms with Crippen molar-refractivity contribution in [1.82, 2.24) is 4.98 Å². The van der Waals surface area contributed by atoms with E-state index in [2.05, 4.69) is 45.2 Å². The molecule has 3 aromatic rings. The fourth-order valence-electron chi connectivity index (χ4n) is 2.86. The smallest absolute Gasteiger partial charge is 0.219 e. The maximum atomic E-state index is 5.98. The van der Waals surface area contributed by atoms with Crippen molar-refractivity contribution in [2.45, 2.75) is 19.3 Å². The summed E-state index contributed by atoms with van der Waals surface area (Å²) in [5.74, 6) is 1.48. The molecule has 1 aliphatic rings. The molecule has 0 amide bonds. The third kappa shape index (κ3) is 2.32. The van der Waals surface area contributed by atoms with Crippen LogP contribution in [0.5, 0.6) is 11.6 Å². The molecule has 104 valence electrons. The van der Waals surface area contributed by atoms with Gasteiger partial charge in [0.2, 0.25) is 5.88 Å². The van der Waals surface area contributed by atoms with Crippen LogP contribution >= 0.6 is 15.9 Å². The summed E-state index contributed by atoms with van der Waals surface area (Å²) in [6.45, 7) is 0. The molecule has 3 heteroatoms. The standard InChI is InChI=1S/C18H14BrNO/c19-18-14-6-2-1-4-12(14)8-10-16(18)21-17-11-9-13-5-3-7-15(13)20-17/h1-2,4,6,8-11H,3,5,7H2. The van der Waals surface area contributed by atoms with Gasteiger partial charge in [0.15, 0.2) is 0 Å². The minimum Gasteiger partial charge on any atom is -0.438 e. The molecule has 4 rings (SSSR count). The van der Waals surface area contributed by atoms with Crippen molar-refractivity contribution in [3.8, 4) is 11.6 Å². The Labute approximate surface area is 131 Å². The molecule has 0 saturated heterocycles. The van der Waals surface area contributed by atoms with Crippen LogP contribution in [0.15, 0.2) is 53.0 Å². The first-order valence-corrected chi connectivity index (χ1v) is 7.94. The van der Waals surface area contributed by atoms with Crippen molar-refractivity contribution in [3.05, 3.63) is 64.3 Å². The second kappa shape index (κ2) is 5.15. The van der Waals surface area contributed by atoms with Gasteiger partial charge in [0.25, 0.3) is 0 Å². The highest BCUT2D eigenvalue weighted by molar-refractivity contribution is 9.10. The van der Waals surface area contributed by atoms with Crippen LogP contribution < -0.4 is 4.74 Å². The highest BCUT2D eigenvalue weighted by atomic mass is 79.9. The lowest BCUT2D eigenvalue weighted by Gasteiger charge is -2.10. The number of benzene rings is 2. The lowest BCUT2D eigenvalue weighted by atomic mass is 10.1. The molecule has 1 aromatic heterocycles. The average Bonchev–Trinajstić information content (AvgIpc) is 2.98. The summed E-state index contributed by atoms with van der Waals surface area (Å²) >= 11 is 3.65. The van der Waals surface area contributed by atoms with Crippen molar-refractivity contribution in [1.29, 1.82) is 0 Å².